The summed E-state index contributed by atoms with van der Waals surface area (Å²) in [6.45, 7) is 2.11. The molecular formula is C12H19N5O3. The molecule has 2 heterocycles. The molecule has 0 unspecified atom stereocenters. The van der Waals surface area contributed by atoms with Gasteiger partial charge in [-0.2, -0.15) is 15.0 Å². The number of amides is 1. The normalized spacial score (nSPS) is 14.4. The predicted octanol–water partition coefficient (Wildman–Crippen LogP) is -0.257. The molecule has 1 aromatic rings. The van der Waals surface area contributed by atoms with Gasteiger partial charge in [0.25, 0.3) is 0 Å². The molecule has 1 amide bonds. The van der Waals surface area contributed by atoms with Crippen LogP contribution in [0.15, 0.2) is 0 Å². The third-order valence-electron chi connectivity index (χ3n) is 2.94. The van der Waals surface area contributed by atoms with Crippen molar-refractivity contribution in [1.82, 2.24) is 20.3 Å². The number of nitrogens with one attached hydrogen (secondary N) is 1. The third kappa shape index (κ3) is 3.77. The average molecular weight is 281 g/mol. The molecule has 0 radical (unpaired) electrons. The Bertz CT molecular complexity index is 462. The van der Waals surface area contributed by atoms with E-state index in [0.717, 1.165) is 25.9 Å². The Morgan fingerprint density at radius 1 is 1.25 bits per heavy atom. The van der Waals surface area contributed by atoms with Crippen LogP contribution in [0.25, 0.3) is 0 Å². The maximum Gasteiger partial charge on any atom is 0.321 e. The number of hydrogen-bond acceptors (Lipinski definition) is 7. The first kappa shape index (κ1) is 14.4. The van der Waals surface area contributed by atoms with Crippen LogP contribution in [0.3, 0.4) is 0 Å². The number of carbonyl (C=O) groups is 1. The van der Waals surface area contributed by atoms with Gasteiger partial charge in [0.2, 0.25) is 11.9 Å². The summed E-state index contributed by atoms with van der Waals surface area (Å²) in [5.41, 5.74) is 0. The molecule has 0 aliphatic carbocycles. The van der Waals surface area contributed by atoms with Gasteiger partial charge in [-0.1, -0.05) is 0 Å². The third-order valence-corrected chi connectivity index (χ3v) is 2.94. The lowest BCUT2D eigenvalue weighted by atomic mass is 10.4. The number of nitrogens with zero attached hydrogens (tertiary/aromatic N) is 4. The molecule has 1 saturated heterocycles. The van der Waals surface area contributed by atoms with E-state index in [9.17, 15) is 4.79 Å². The van der Waals surface area contributed by atoms with E-state index in [2.05, 4.69) is 25.2 Å². The highest BCUT2D eigenvalue weighted by Crippen LogP contribution is 2.17. The number of methoxy groups -OCH3 is 2. The second kappa shape index (κ2) is 6.99. The lowest BCUT2D eigenvalue weighted by molar-refractivity contribution is -0.124. The lowest BCUT2D eigenvalue weighted by Gasteiger charge is -2.16. The highest BCUT2D eigenvalue weighted by atomic mass is 16.5. The van der Waals surface area contributed by atoms with E-state index in [1.54, 1.807) is 0 Å². The van der Waals surface area contributed by atoms with E-state index in [4.69, 9.17) is 9.47 Å². The van der Waals surface area contributed by atoms with Gasteiger partial charge in [0.1, 0.15) is 6.61 Å². The van der Waals surface area contributed by atoms with E-state index in [0.29, 0.717) is 11.8 Å². The van der Waals surface area contributed by atoms with Crippen molar-refractivity contribution in [1.29, 1.82) is 0 Å². The Morgan fingerprint density at radius 3 is 2.65 bits per heavy atom. The van der Waals surface area contributed by atoms with Crippen LogP contribution >= 0.6 is 0 Å². The topological polar surface area (TPSA) is 89.5 Å². The maximum atomic E-state index is 11.4. The van der Waals surface area contributed by atoms with E-state index in [1.165, 1.54) is 14.2 Å². The summed E-state index contributed by atoms with van der Waals surface area (Å²) < 4.78 is 9.83. The van der Waals surface area contributed by atoms with Crippen molar-refractivity contribution >= 4 is 11.9 Å². The van der Waals surface area contributed by atoms with Crippen molar-refractivity contribution in [2.45, 2.75) is 19.4 Å². The number of ether oxygens (including phenoxy) is 2. The first-order chi connectivity index (χ1) is 9.72. The van der Waals surface area contributed by atoms with Gasteiger partial charge in [0.05, 0.1) is 13.7 Å². The van der Waals surface area contributed by atoms with Gasteiger partial charge < -0.3 is 19.7 Å². The number of anilines is 1. The van der Waals surface area contributed by atoms with Crippen LogP contribution in [0, 0.1) is 0 Å². The van der Waals surface area contributed by atoms with Gasteiger partial charge in [0.15, 0.2) is 5.82 Å². The van der Waals surface area contributed by atoms with Gasteiger partial charge >= 0.3 is 6.01 Å². The van der Waals surface area contributed by atoms with Crippen molar-refractivity contribution in [3.63, 3.8) is 0 Å². The standard InChI is InChI=1S/C12H19N5O3/c1-19-8-10(18)13-7-9-14-11(16-12(15-9)20-2)17-5-3-4-6-17/h3-8H2,1-2H3,(H,13,18). The van der Waals surface area contributed by atoms with E-state index in [-0.39, 0.29) is 25.1 Å². The van der Waals surface area contributed by atoms with Gasteiger partial charge in [-0.15, -0.1) is 0 Å². The molecule has 1 N–H and O–H groups in total. The van der Waals surface area contributed by atoms with Crippen LogP contribution in [0.5, 0.6) is 6.01 Å². The summed E-state index contributed by atoms with van der Waals surface area (Å²) in [6.07, 6.45) is 2.27. The monoisotopic (exact) mass is 281 g/mol. The molecule has 0 saturated carbocycles. The zero-order valence-corrected chi connectivity index (χ0v) is 11.8. The van der Waals surface area contributed by atoms with E-state index in [1.807, 2.05) is 0 Å². The van der Waals surface area contributed by atoms with Crippen molar-refractivity contribution in [3.05, 3.63) is 5.82 Å². The molecule has 0 bridgehead atoms. The molecule has 2 rings (SSSR count). The van der Waals surface area contributed by atoms with Gasteiger partial charge in [-0.05, 0) is 12.8 Å². The summed E-state index contributed by atoms with van der Waals surface area (Å²) in [6, 6.07) is 0.262. The average Bonchev–Trinajstić information content (AvgIpc) is 2.99. The maximum absolute atomic E-state index is 11.4. The fourth-order valence-electron chi connectivity index (χ4n) is 1.98. The quantitative estimate of drug-likeness (QED) is 0.768. The SMILES string of the molecule is COCC(=O)NCc1nc(OC)nc(N2CCCC2)n1. The molecule has 20 heavy (non-hydrogen) atoms. The Labute approximate surface area is 117 Å². The zero-order valence-electron chi connectivity index (χ0n) is 11.8. The van der Waals surface area contributed by atoms with Crippen LogP contribution in [0.1, 0.15) is 18.7 Å². The summed E-state index contributed by atoms with van der Waals surface area (Å²) in [5, 5.41) is 2.68. The fourth-order valence-corrected chi connectivity index (χ4v) is 1.98. The summed E-state index contributed by atoms with van der Waals surface area (Å²) in [4.78, 5) is 26.2. The van der Waals surface area contributed by atoms with Crippen LogP contribution in [-0.4, -0.2) is 54.8 Å². The highest BCUT2D eigenvalue weighted by Gasteiger charge is 2.17. The van der Waals surface area contributed by atoms with Crippen LogP contribution < -0.4 is 15.0 Å². The lowest BCUT2D eigenvalue weighted by Crippen LogP contribution is -2.28. The Balaban J connectivity index is 2.07. The fraction of sp³-hybridized carbons (Fsp3) is 0.667. The predicted molar refractivity (Wildman–Crippen MR) is 71.5 cm³/mol. The Morgan fingerprint density at radius 2 is 2.00 bits per heavy atom. The minimum absolute atomic E-state index is 0.0151. The molecule has 1 aliphatic heterocycles. The molecule has 0 spiro atoms. The van der Waals surface area contributed by atoms with Gasteiger partial charge in [0, 0.05) is 20.2 Å². The largest absolute Gasteiger partial charge is 0.467 e. The molecule has 0 aromatic carbocycles. The van der Waals surface area contributed by atoms with Crippen LogP contribution in [0.2, 0.25) is 0 Å². The minimum atomic E-state index is -0.213. The van der Waals surface area contributed by atoms with Gasteiger partial charge in [-0.25, -0.2) is 0 Å². The smallest absolute Gasteiger partial charge is 0.321 e. The molecule has 0 atom stereocenters. The molecule has 110 valence electrons. The number of rotatable bonds is 6. The second-order valence-corrected chi connectivity index (χ2v) is 4.44. The molecule has 1 aromatic heterocycles. The molecule has 1 aliphatic rings. The van der Waals surface area contributed by atoms with E-state index >= 15 is 0 Å². The second-order valence-electron chi connectivity index (χ2n) is 4.44. The number of carbonyl (C=O) groups excluding carboxylic acids is 1. The molecule has 8 heteroatoms. The Hall–Kier alpha value is -1.96. The number of hydrogen-bond donors (Lipinski definition) is 1. The molecular weight excluding hydrogens is 262 g/mol. The van der Waals surface area contributed by atoms with E-state index < -0.39 is 0 Å². The highest BCUT2D eigenvalue weighted by molar-refractivity contribution is 5.77. The summed E-state index contributed by atoms with van der Waals surface area (Å²) >= 11 is 0. The zero-order chi connectivity index (χ0) is 14.4. The van der Waals surface area contributed by atoms with Crippen molar-refractivity contribution in [3.8, 4) is 6.01 Å². The van der Waals surface area contributed by atoms with Crippen molar-refractivity contribution in [2.75, 3.05) is 38.8 Å². The number of aromatic nitrogens is 3. The van der Waals surface area contributed by atoms with Gasteiger partial charge in [-0.3, -0.25) is 4.79 Å². The first-order valence-electron chi connectivity index (χ1n) is 6.52. The summed E-state index contributed by atoms with van der Waals surface area (Å²) in [5.74, 6) is 0.864. The Kier molecular flexibility index (Phi) is 5.05. The van der Waals surface area contributed by atoms with Crippen LogP contribution in [0.4, 0.5) is 5.95 Å². The van der Waals surface area contributed by atoms with Crippen molar-refractivity contribution in [2.24, 2.45) is 0 Å². The van der Waals surface area contributed by atoms with Crippen molar-refractivity contribution < 1.29 is 14.3 Å². The minimum Gasteiger partial charge on any atom is -0.467 e. The van der Waals surface area contributed by atoms with Crippen LogP contribution in [-0.2, 0) is 16.1 Å². The molecule has 8 nitrogen and oxygen atoms in total. The first-order valence-corrected chi connectivity index (χ1v) is 6.52. The molecule has 1 fully saturated rings. The summed E-state index contributed by atoms with van der Waals surface area (Å²) in [7, 11) is 2.98.